The Morgan fingerprint density at radius 3 is 2.58 bits per heavy atom. The maximum Gasteiger partial charge on any atom is 0.259 e. The zero-order valence-electron chi connectivity index (χ0n) is 17.0. The smallest absolute Gasteiger partial charge is 0.259 e. The molecule has 0 saturated carbocycles. The summed E-state index contributed by atoms with van der Waals surface area (Å²) in [5, 5.41) is 9.73. The number of amides is 1. The highest BCUT2D eigenvalue weighted by Gasteiger charge is 2.17. The largest absolute Gasteiger partial charge is 0.493 e. The molecule has 0 fully saturated rings. The SMILES string of the molecule is COc1ccc(-c2csc(-c3cc(NC(=O)c4ccccc4F)n(C)n3)n2)cc1OC. The number of ether oxygens (including phenoxy) is 2. The van der Waals surface area contributed by atoms with Crippen LogP contribution in [0, 0.1) is 5.82 Å². The number of hydrogen-bond donors (Lipinski definition) is 1. The third kappa shape index (κ3) is 4.13. The molecular formula is C22H19FN4O3S. The second kappa shape index (κ2) is 8.57. The van der Waals surface area contributed by atoms with E-state index in [2.05, 4.69) is 15.4 Å². The number of carbonyl (C=O) groups excluding carboxylic acids is 1. The van der Waals surface area contributed by atoms with Gasteiger partial charge in [-0.1, -0.05) is 12.1 Å². The van der Waals surface area contributed by atoms with Crippen LogP contribution in [-0.2, 0) is 7.05 Å². The van der Waals surface area contributed by atoms with Crippen LogP contribution in [0.3, 0.4) is 0 Å². The maximum absolute atomic E-state index is 13.9. The monoisotopic (exact) mass is 438 g/mol. The molecule has 0 spiro atoms. The normalized spacial score (nSPS) is 10.7. The lowest BCUT2D eigenvalue weighted by Gasteiger charge is -2.08. The van der Waals surface area contributed by atoms with Gasteiger partial charge in [0.25, 0.3) is 5.91 Å². The topological polar surface area (TPSA) is 78.3 Å². The molecule has 0 saturated heterocycles. The summed E-state index contributed by atoms with van der Waals surface area (Å²) in [4.78, 5) is 17.1. The van der Waals surface area contributed by atoms with Crippen LogP contribution >= 0.6 is 11.3 Å². The van der Waals surface area contributed by atoms with Crippen molar-refractivity contribution in [1.29, 1.82) is 0 Å². The number of aryl methyl sites for hydroxylation is 1. The fourth-order valence-corrected chi connectivity index (χ4v) is 3.82. The summed E-state index contributed by atoms with van der Waals surface area (Å²) in [6.07, 6.45) is 0. The summed E-state index contributed by atoms with van der Waals surface area (Å²) in [6.45, 7) is 0. The quantitative estimate of drug-likeness (QED) is 0.475. The van der Waals surface area contributed by atoms with Crippen molar-refractivity contribution in [3.63, 3.8) is 0 Å². The van der Waals surface area contributed by atoms with Crippen molar-refractivity contribution in [1.82, 2.24) is 14.8 Å². The number of methoxy groups -OCH3 is 2. The standard InChI is InChI=1S/C22H19FN4O3S/c1-27-20(25-21(28)14-6-4-5-7-15(14)23)11-16(26-27)22-24-17(12-31-22)13-8-9-18(29-2)19(10-13)30-3/h4-12H,1-3H3,(H,25,28). The fraction of sp³-hybridized carbons (Fsp3) is 0.136. The van der Waals surface area contributed by atoms with Crippen molar-refractivity contribution < 1.29 is 18.7 Å². The Bertz CT molecular complexity index is 1250. The van der Waals surface area contributed by atoms with Gasteiger partial charge in [-0.05, 0) is 30.3 Å². The number of nitrogens with zero attached hydrogens (tertiary/aromatic N) is 3. The van der Waals surface area contributed by atoms with Gasteiger partial charge >= 0.3 is 0 Å². The molecule has 7 nitrogen and oxygen atoms in total. The molecule has 0 radical (unpaired) electrons. The molecule has 0 aliphatic carbocycles. The van der Waals surface area contributed by atoms with Gasteiger partial charge in [-0.15, -0.1) is 11.3 Å². The number of benzene rings is 2. The number of halogens is 1. The second-order valence-electron chi connectivity index (χ2n) is 6.58. The van der Waals surface area contributed by atoms with Crippen LogP contribution in [0.15, 0.2) is 53.9 Å². The van der Waals surface area contributed by atoms with E-state index in [9.17, 15) is 9.18 Å². The second-order valence-corrected chi connectivity index (χ2v) is 7.44. The van der Waals surface area contributed by atoms with Crippen LogP contribution in [-0.4, -0.2) is 34.9 Å². The Balaban J connectivity index is 1.58. The van der Waals surface area contributed by atoms with Crippen LogP contribution in [0.1, 0.15) is 10.4 Å². The molecule has 0 aliphatic heterocycles. The van der Waals surface area contributed by atoms with Crippen LogP contribution < -0.4 is 14.8 Å². The lowest BCUT2D eigenvalue weighted by molar-refractivity contribution is 0.102. The van der Waals surface area contributed by atoms with Gasteiger partial charge in [0.15, 0.2) is 11.5 Å². The molecule has 0 bridgehead atoms. The van der Waals surface area contributed by atoms with E-state index in [1.54, 1.807) is 33.4 Å². The van der Waals surface area contributed by atoms with E-state index in [4.69, 9.17) is 9.47 Å². The first-order valence-corrected chi connectivity index (χ1v) is 10.2. The third-order valence-corrected chi connectivity index (χ3v) is 5.51. The van der Waals surface area contributed by atoms with Crippen LogP contribution in [0.2, 0.25) is 0 Å². The summed E-state index contributed by atoms with van der Waals surface area (Å²) in [7, 11) is 4.87. The number of hydrogen-bond acceptors (Lipinski definition) is 6. The lowest BCUT2D eigenvalue weighted by Crippen LogP contribution is -2.15. The summed E-state index contributed by atoms with van der Waals surface area (Å²) >= 11 is 1.43. The minimum absolute atomic E-state index is 0.0322. The zero-order chi connectivity index (χ0) is 22.0. The summed E-state index contributed by atoms with van der Waals surface area (Å²) in [5.41, 5.74) is 2.21. The molecule has 2 heterocycles. The zero-order valence-corrected chi connectivity index (χ0v) is 17.9. The number of aromatic nitrogens is 3. The van der Waals surface area contributed by atoms with Gasteiger partial charge in [0.2, 0.25) is 0 Å². The number of thiazole rings is 1. The Hall–Kier alpha value is -3.72. The molecule has 4 aromatic rings. The van der Waals surface area contributed by atoms with Crippen molar-refractivity contribution in [2.45, 2.75) is 0 Å². The van der Waals surface area contributed by atoms with E-state index in [1.165, 1.54) is 34.2 Å². The maximum atomic E-state index is 13.9. The van der Waals surface area contributed by atoms with Crippen LogP contribution in [0.4, 0.5) is 10.2 Å². The van der Waals surface area contributed by atoms with E-state index >= 15 is 0 Å². The predicted molar refractivity (Wildman–Crippen MR) is 117 cm³/mol. The molecular weight excluding hydrogens is 419 g/mol. The third-order valence-electron chi connectivity index (χ3n) is 4.64. The highest BCUT2D eigenvalue weighted by atomic mass is 32.1. The Morgan fingerprint density at radius 1 is 1.06 bits per heavy atom. The van der Waals surface area contributed by atoms with E-state index < -0.39 is 11.7 Å². The van der Waals surface area contributed by atoms with Crippen molar-refractivity contribution in [2.24, 2.45) is 7.05 Å². The fourth-order valence-electron chi connectivity index (χ4n) is 3.04. The minimum atomic E-state index is -0.582. The molecule has 2 aromatic carbocycles. The van der Waals surface area contributed by atoms with E-state index in [0.29, 0.717) is 28.0 Å². The molecule has 4 rings (SSSR count). The van der Waals surface area contributed by atoms with Gasteiger partial charge in [0.05, 0.1) is 25.5 Å². The molecule has 2 aromatic heterocycles. The molecule has 0 aliphatic rings. The molecule has 31 heavy (non-hydrogen) atoms. The average molecular weight is 438 g/mol. The van der Waals surface area contributed by atoms with Gasteiger partial charge in [0.1, 0.15) is 22.3 Å². The van der Waals surface area contributed by atoms with Gasteiger partial charge in [-0.2, -0.15) is 5.10 Å². The highest BCUT2D eigenvalue weighted by molar-refractivity contribution is 7.13. The van der Waals surface area contributed by atoms with E-state index in [0.717, 1.165) is 11.3 Å². The first-order valence-electron chi connectivity index (χ1n) is 9.28. The van der Waals surface area contributed by atoms with Gasteiger partial charge < -0.3 is 14.8 Å². The van der Waals surface area contributed by atoms with Crippen molar-refractivity contribution in [3.05, 3.63) is 65.3 Å². The highest BCUT2D eigenvalue weighted by Crippen LogP contribution is 2.34. The van der Waals surface area contributed by atoms with Gasteiger partial charge in [-0.3, -0.25) is 9.48 Å². The van der Waals surface area contributed by atoms with Crippen molar-refractivity contribution in [2.75, 3.05) is 19.5 Å². The first-order chi connectivity index (χ1) is 15.0. The molecule has 158 valence electrons. The Kier molecular flexibility index (Phi) is 5.68. The Labute approximate surface area is 182 Å². The van der Waals surface area contributed by atoms with Gasteiger partial charge in [-0.25, -0.2) is 9.37 Å². The molecule has 1 N–H and O–H groups in total. The summed E-state index contributed by atoms with van der Waals surface area (Å²) in [6, 6.07) is 13.1. The molecule has 9 heteroatoms. The van der Waals surface area contributed by atoms with Crippen molar-refractivity contribution >= 4 is 23.1 Å². The predicted octanol–water partition coefficient (Wildman–Crippen LogP) is 4.62. The number of anilines is 1. The molecule has 0 unspecified atom stereocenters. The van der Waals surface area contributed by atoms with Crippen LogP contribution in [0.25, 0.3) is 22.0 Å². The average Bonchev–Trinajstić information content (AvgIpc) is 3.41. The number of rotatable bonds is 6. The Morgan fingerprint density at radius 2 is 1.84 bits per heavy atom. The molecule has 0 atom stereocenters. The van der Waals surface area contributed by atoms with Crippen LogP contribution in [0.5, 0.6) is 11.5 Å². The minimum Gasteiger partial charge on any atom is -0.493 e. The van der Waals surface area contributed by atoms with E-state index in [1.807, 2.05) is 23.6 Å². The number of nitrogens with one attached hydrogen (secondary N) is 1. The van der Waals surface area contributed by atoms with E-state index in [-0.39, 0.29) is 5.56 Å². The van der Waals surface area contributed by atoms with Gasteiger partial charge in [0, 0.05) is 24.1 Å². The number of carbonyl (C=O) groups is 1. The summed E-state index contributed by atoms with van der Waals surface area (Å²) < 4.78 is 26.0. The molecule has 1 amide bonds. The lowest BCUT2D eigenvalue weighted by atomic mass is 10.1. The van der Waals surface area contributed by atoms with Crippen molar-refractivity contribution in [3.8, 4) is 33.5 Å². The summed E-state index contributed by atoms with van der Waals surface area (Å²) in [5.74, 6) is 0.568. The first kappa shape index (κ1) is 20.5.